The number of rotatable bonds is 6. The van der Waals surface area contributed by atoms with Gasteiger partial charge in [0.1, 0.15) is 11.6 Å². The quantitative estimate of drug-likeness (QED) is 0.742. The molecule has 1 unspecified atom stereocenters. The van der Waals surface area contributed by atoms with Gasteiger partial charge in [-0.15, -0.1) is 0 Å². The molecule has 2 heterocycles. The maximum absolute atomic E-state index is 13.9. The molecule has 172 valence electrons. The summed E-state index contributed by atoms with van der Waals surface area (Å²) in [5, 5.41) is 3.50. The van der Waals surface area contributed by atoms with Crippen molar-refractivity contribution in [3.8, 4) is 0 Å². The Morgan fingerprint density at radius 1 is 1.03 bits per heavy atom. The molecule has 1 saturated heterocycles. The van der Waals surface area contributed by atoms with Crippen molar-refractivity contribution in [2.75, 3.05) is 32.6 Å². The normalized spacial score (nSPS) is 19.8. The lowest BCUT2D eigenvalue weighted by Crippen LogP contribution is -2.43. The molecule has 2 aliphatic rings. The summed E-state index contributed by atoms with van der Waals surface area (Å²) in [4.78, 5) is 27.5. The first kappa shape index (κ1) is 22.7. The lowest BCUT2D eigenvalue weighted by atomic mass is 9.76. The van der Waals surface area contributed by atoms with Gasteiger partial charge in [-0.1, -0.05) is 42.2 Å². The molecule has 6 nitrogen and oxygen atoms in total. The number of hydrogen-bond acceptors (Lipinski definition) is 5. The fourth-order valence-corrected chi connectivity index (χ4v) is 5.41. The highest BCUT2D eigenvalue weighted by Gasteiger charge is 2.44. The molecule has 1 aromatic heterocycles. The molecule has 1 atom stereocenters. The lowest BCUT2D eigenvalue weighted by molar-refractivity contribution is -0.136. The van der Waals surface area contributed by atoms with Crippen molar-refractivity contribution < 1.29 is 4.79 Å². The Kier molecular flexibility index (Phi) is 6.52. The van der Waals surface area contributed by atoms with Crippen LogP contribution in [-0.4, -0.2) is 48.5 Å². The molecule has 6 heteroatoms. The molecule has 32 heavy (non-hydrogen) atoms. The Labute approximate surface area is 192 Å². The van der Waals surface area contributed by atoms with Crippen molar-refractivity contribution >= 4 is 11.7 Å². The molecule has 2 fully saturated rings. The number of carbonyl (C=O) groups excluding carboxylic acids is 1. The van der Waals surface area contributed by atoms with Gasteiger partial charge in [0.05, 0.1) is 23.7 Å². The van der Waals surface area contributed by atoms with Crippen molar-refractivity contribution in [3.63, 3.8) is 0 Å². The number of benzene rings is 1. The number of aromatic nitrogens is 2. The number of anilines is 1. The molecule has 1 aromatic carbocycles. The lowest BCUT2D eigenvalue weighted by Gasteiger charge is -2.33. The van der Waals surface area contributed by atoms with E-state index in [-0.39, 0.29) is 11.9 Å². The van der Waals surface area contributed by atoms with Crippen LogP contribution < -0.4 is 10.2 Å². The van der Waals surface area contributed by atoms with Gasteiger partial charge in [0, 0.05) is 27.2 Å². The monoisotopic (exact) mass is 435 g/mol. The summed E-state index contributed by atoms with van der Waals surface area (Å²) in [6, 6.07) is 8.82. The number of nitrogens with one attached hydrogen (secondary N) is 1. The van der Waals surface area contributed by atoms with Crippen LogP contribution in [0.15, 0.2) is 24.3 Å². The number of carbonyl (C=O) groups is 1. The van der Waals surface area contributed by atoms with Gasteiger partial charge in [-0.25, -0.2) is 9.97 Å². The average Bonchev–Trinajstić information content (AvgIpc) is 3.45. The van der Waals surface area contributed by atoms with E-state index in [0.717, 1.165) is 62.4 Å². The molecule has 2 aromatic rings. The third-order valence-electron chi connectivity index (χ3n) is 7.00. The van der Waals surface area contributed by atoms with Crippen LogP contribution in [0.3, 0.4) is 0 Å². The summed E-state index contributed by atoms with van der Waals surface area (Å²) >= 11 is 0. The van der Waals surface area contributed by atoms with E-state index >= 15 is 0 Å². The van der Waals surface area contributed by atoms with Gasteiger partial charge in [0.2, 0.25) is 5.91 Å². The fraction of sp³-hybridized carbons (Fsp3) is 0.577. The Balaban J connectivity index is 1.62. The minimum atomic E-state index is -0.418. The third kappa shape index (κ3) is 4.51. The van der Waals surface area contributed by atoms with Crippen molar-refractivity contribution in [2.45, 2.75) is 70.4 Å². The van der Waals surface area contributed by atoms with Crippen LogP contribution in [0, 0.1) is 13.8 Å². The molecule has 1 N–H and O–H groups in total. The van der Waals surface area contributed by atoms with Gasteiger partial charge in [-0.05, 0) is 51.6 Å². The highest BCUT2D eigenvalue weighted by atomic mass is 16.2. The number of likely N-dealkylation sites (N-methyl/N-ethyl adjacent to an activating group) is 1. The van der Waals surface area contributed by atoms with E-state index in [0.29, 0.717) is 6.54 Å². The van der Waals surface area contributed by atoms with E-state index in [1.54, 1.807) is 0 Å². The molecular weight excluding hydrogens is 398 g/mol. The van der Waals surface area contributed by atoms with Gasteiger partial charge in [-0.3, -0.25) is 4.79 Å². The SMILES string of the molecule is Cc1cc(C)cc(C2(C(=O)N(C)Cc3cc(N(C)C)nc(C4CCCN4)n3)CCCC2)c1. The Hall–Kier alpha value is -2.47. The van der Waals surface area contributed by atoms with Crippen LogP contribution in [0.2, 0.25) is 0 Å². The molecular formula is C26H37N5O. The zero-order chi connectivity index (χ0) is 22.9. The van der Waals surface area contributed by atoms with E-state index in [1.165, 1.54) is 16.7 Å². The third-order valence-corrected chi connectivity index (χ3v) is 7.00. The van der Waals surface area contributed by atoms with E-state index in [2.05, 4.69) is 37.4 Å². The minimum Gasteiger partial charge on any atom is -0.363 e. The van der Waals surface area contributed by atoms with Crippen LogP contribution in [0.1, 0.15) is 72.8 Å². The summed E-state index contributed by atoms with van der Waals surface area (Å²) in [5.74, 6) is 1.95. The van der Waals surface area contributed by atoms with Crippen molar-refractivity contribution in [1.82, 2.24) is 20.2 Å². The maximum atomic E-state index is 13.9. The first-order valence-electron chi connectivity index (χ1n) is 11.9. The van der Waals surface area contributed by atoms with E-state index in [4.69, 9.17) is 9.97 Å². The fourth-order valence-electron chi connectivity index (χ4n) is 5.41. The first-order valence-corrected chi connectivity index (χ1v) is 11.9. The molecule has 1 aliphatic carbocycles. The Morgan fingerprint density at radius 2 is 1.72 bits per heavy atom. The van der Waals surface area contributed by atoms with Gasteiger partial charge >= 0.3 is 0 Å². The Bertz CT molecular complexity index is 954. The molecule has 1 saturated carbocycles. The van der Waals surface area contributed by atoms with Gasteiger partial charge < -0.3 is 15.1 Å². The summed E-state index contributed by atoms with van der Waals surface area (Å²) in [6.07, 6.45) is 6.24. The average molecular weight is 436 g/mol. The number of nitrogens with zero attached hydrogens (tertiary/aromatic N) is 4. The molecule has 0 bridgehead atoms. The van der Waals surface area contributed by atoms with Crippen LogP contribution >= 0.6 is 0 Å². The van der Waals surface area contributed by atoms with Crippen molar-refractivity contribution in [3.05, 3.63) is 52.5 Å². The second-order valence-electron chi connectivity index (χ2n) is 9.95. The van der Waals surface area contributed by atoms with Gasteiger partial charge in [0.25, 0.3) is 0 Å². The number of aryl methyl sites for hydroxylation is 2. The molecule has 0 spiro atoms. The topological polar surface area (TPSA) is 61.4 Å². The largest absolute Gasteiger partial charge is 0.363 e. The minimum absolute atomic E-state index is 0.200. The van der Waals surface area contributed by atoms with Crippen LogP contribution in [0.5, 0.6) is 0 Å². The Morgan fingerprint density at radius 3 is 2.31 bits per heavy atom. The van der Waals surface area contributed by atoms with Gasteiger partial charge in [0.15, 0.2) is 0 Å². The second kappa shape index (κ2) is 9.18. The van der Waals surface area contributed by atoms with Crippen molar-refractivity contribution in [2.24, 2.45) is 0 Å². The summed E-state index contributed by atoms with van der Waals surface area (Å²) in [7, 11) is 5.93. The smallest absolute Gasteiger partial charge is 0.233 e. The van der Waals surface area contributed by atoms with Crippen LogP contribution in [0.4, 0.5) is 5.82 Å². The maximum Gasteiger partial charge on any atom is 0.233 e. The predicted octanol–water partition coefficient (Wildman–Crippen LogP) is 4.05. The highest BCUT2D eigenvalue weighted by Crippen LogP contribution is 2.43. The van der Waals surface area contributed by atoms with Gasteiger partial charge in [-0.2, -0.15) is 0 Å². The molecule has 0 radical (unpaired) electrons. The summed E-state index contributed by atoms with van der Waals surface area (Å²) < 4.78 is 0. The predicted molar refractivity (Wildman–Crippen MR) is 129 cm³/mol. The van der Waals surface area contributed by atoms with E-state index < -0.39 is 5.41 Å². The zero-order valence-electron chi connectivity index (χ0n) is 20.2. The second-order valence-corrected chi connectivity index (χ2v) is 9.95. The first-order chi connectivity index (χ1) is 15.3. The standard InChI is InChI=1S/C26H37N5O/c1-18-13-19(2)15-20(14-18)26(10-6-7-11-26)25(32)31(5)17-21-16-23(30(3)4)29-24(28-21)22-9-8-12-27-22/h13-16,22,27H,6-12,17H2,1-5H3. The van der Waals surface area contributed by atoms with Crippen LogP contribution in [-0.2, 0) is 16.8 Å². The van der Waals surface area contributed by atoms with E-state index in [9.17, 15) is 4.79 Å². The zero-order valence-corrected chi connectivity index (χ0v) is 20.2. The summed E-state index contributed by atoms with van der Waals surface area (Å²) in [6.45, 7) is 5.74. The molecule has 4 rings (SSSR count). The van der Waals surface area contributed by atoms with Crippen molar-refractivity contribution in [1.29, 1.82) is 0 Å². The van der Waals surface area contributed by atoms with Crippen LogP contribution in [0.25, 0.3) is 0 Å². The number of amides is 1. The van der Waals surface area contributed by atoms with E-state index in [1.807, 2.05) is 37.0 Å². The molecule has 1 aliphatic heterocycles. The summed E-state index contributed by atoms with van der Waals surface area (Å²) in [5.41, 5.74) is 4.11. The highest BCUT2D eigenvalue weighted by molar-refractivity contribution is 5.88. The molecule has 1 amide bonds. The number of hydrogen-bond donors (Lipinski definition) is 1.